The maximum Gasteiger partial charge on any atom is 0.339 e. The van der Waals surface area contributed by atoms with Crippen molar-refractivity contribution < 1.29 is 19.4 Å². The zero-order chi connectivity index (χ0) is 22.7. The fraction of sp³-hybridized carbons (Fsp3) is 0.741. The van der Waals surface area contributed by atoms with E-state index in [9.17, 15) is 14.7 Å². The number of rotatable bonds is 3. The molecule has 4 saturated carbocycles. The van der Waals surface area contributed by atoms with Crippen LogP contribution in [0.3, 0.4) is 0 Å². The van der Waals surface area contributed by atoms with Crippen molar-refractivity contribution >= 4 is 11.8 Å². The molecule has 4 fully saturated rings. The van der Waals surface area contributed by atoms with E-state index in [4.69, 9.17) is 4.74 Å². The second-order valence-corrected chi connectivity index (χ2v) is 11.6. The molecule has 0 radical (unpaired) electrons. The Bertz CT molecular complexity index is 887. The van der Waals surface area contributed by atoms with Crippen LogP contribution < -0.4 is 0 Å². The summed E-state index contributed by atoms with van der Waals surface area (Å²) in [5.74, 6) is 1.69. The number of aliphatic hydroxyl groups excluding tert-OH is 1. The molecule has 9 atom stereocenters. The number of hydrogen-bond donors (Lipinski definition) is 1. The van der Waals surface area contributed by atoms with E-state index < -0.39 is 0 Å². The first kappa shape index (κ1) is 22.1. The number of aromatic nitrogens is 1. The van der Waals surface area contributed by atoms with E-state index in [0.29, 0.717) is 29.1 Å². The third-order valence-corrected chi connectivity index (χ3v) is 10.3. The lowest BCUT2D eigenvalue weighted by molar-refractivity contribution is -0.175. The van der Waals surface area contributed by atoms with Gasteiger partial charge >= 0.3 is 5.97 Å². The Balaban J connectivity index is 1.50. The fourth-order valence-corrected chi connectivity index (χ4v) is 8.65. The van der Waals surface area contributed by atoms with Crippen LogP contribution in [0, 0.1) is 40.4 Å². The van der Waals surface area contributed by atoms with Crippen molar-refractivity contribution in [1.29, 1.82) is 0 Å². The van der Waals surface area contributed by atoms with Gasteiger partial charge in [0.05, 0.1) is 11.7 Å². The molecule has 0 bridgehead atoms. The van der Waals surface area contributed by atoms with E-state index in [2.05, 4.69) is 18.8 Å². The molecule has 174 valence electrons. The van der Waals surface area contributed by atoms with E-state index in [1.54, 1.807) is 31.5 Å². The van der Waals surface area contributed by atoms with Gasteiger partial charge in [0.2, 0.25) is 0 Å². The van der Waals surface area contributed by atoms with E-state index in [0.717, 1.165) is 51.4 Å². The summed E-state index contributed by atoms with van der Waals surface area (Å²) in [7, 11) is 0. The van der Waals surface area contributed by atoms with Gasteiger partial charge in [0, 0.05) is 24.2 Å². The number of fused-ring (bicyclic) bond motifs is 5. The highest BCUT2D eigenvalue weighted by Crippen LogP contribution is 2.67. The molecule has 0 aromatic carbocycles. The summed E-state index contributed by atoms with van der Waals surface area (Å²) in [4.78, 5) is 29.7. The zero-order valence-corrected chi connectivity index (χ0v) is 19.6. The maximum absolute atomic E-state index is 13.1. The first-order valence-electron chi connectivity index (χ1n) is 12.5. The SMILES string of the molecule is CC(=O)[C@H]1CCC2C3C(CC[C@@]21C)[C@@]1(C)CC[C@@H](O)C[C@@H]1C[C@H]3OC(=O)c1cccnc1. The number of hydrogen-bond acceptors (Lipinski definition) is 5. The minimum atomic E-state index is -0.296. The monoisotopic (exact) mass is 439 g/mol. The summed E-state index contributed by atoms with van der Waals surface area (Å²) in [5.41, 5.74) is 0.674. The third-order valence-electron chi connectivity index (χ3n) is 10.3. The molecular formula is C27H37NO4. The molecular weight excluding hydrogens is 402 g/mol. The van der Waals surface area contributed by atoms with Gasteiger partial charge in [-0.15, -0.1) is 0 Å². The first-order chi connectivity index (χ1) is 15.2. The van der Waals surface area contributed by atoms with Crippen molar-refractivity contribution in [3.63, 3.8) is 0 Å². The number of ketones is 1. The highest BCUT2D eigenvalue weighted by molar-refractivity contribution is 5.89. The minimum Gasteiger partial charge on any atom is -0.458 e. The second kappa shape index (κ2) is 7.93. The molecule has 1 aromatic rings. The van der Waals surface area contributed by atoms with Gasteiger partial charge in [0.15, 0.2) is 0 Å². The van der Waals surface area contributed by atoms with Gasteiger partial charge in [-0.3, -0.25) is 9.78 Å². The summed E-state index contributed by atoms with van der Waals surface area (Å²) < 4.78 is 6.28. The molecule has 0 aliphatic heterocycles. The Morgan fingerprint density at radius 1 is 1.06 bits per heavy atom. The number of Topliss-reactive ketones (excluding diaryl/α,β-unsaturated/α-hetero) is 1. The lowest BCUT2D eigenvalue weighted by atomic mass is 9.44. The summed E-state index contributed by atoms with van der Waals surface area (Å²) in [5, 5.41) is 10.4. The zero-order valence-electron chi connectivity index (χ0n) is 19.6. The fourth-order valence-electron chi connectivity index (χ4n) is 8.65. The van der Waals surface area contributed by atoms with Crippen molar-refractivity contribution in [3.05, 3.63) is 30.1 Å². The molecule has 5 rings (SSSR count). The van der Waals surface area contributed by atoms with Crippen LogP contribution in [0.5, 0.6) is 0 Å². The molecule has 5 heteroatoms. The highest BCUT2D eigenvalue weighted by atomic mass is 16.5. The van der Waals surface area contributed by atoms with Crippen molar-refractivity contribution in [2.24, 2.45) is 40.4 Å². The lowest BCUT2D eigenvalue weighted by Crippen LogP contribution is -2.59. The van der Waals surface area contributed by atoms with Crippen LogP contribution in [0.1, 0.15) is 82.5 Å². The van der Waals surface area contributed by atoms with Gasteiger partial charge < -0.3 is 9.84 Å². The molecule has 4 aliphatic rings. The van der Waals surface area contributed by atoms with Crippen LogP contribution in [0.25, 0.3) is 0 Å². The molecule has 5 nitrogen and oxygen atoms in total. The molecule has 1 heterocycles. The topological polar surface area (TPSA) is 76.5 Å². The highest BCUT2D eigenvalue weighted by Gasteiger charge is 2.64. The minimum absolute atomic E-state index is 0.00331. The summed E-state index contributed by atoms with van der Waals surface area (Å²) in [6, 6.07) is 3.53. The second-order valence-electron chi connectivity index (χ2n) is 11.6. The molecule has 3 unspecified atom stereocenters. The summed E-state index contributed by atoms with van der Waals surface area (Å²) in [6.45, 7) is 6.51. The number of esters is 1. The molecule has 32 heavy (non-hydrogen) atoms. The number of ether oxygens (including phenoxy) is 1. The Morgan fingerprint density at radius 2 is 1.81 bits per heavy atom. The van der Waals surface area contributed by atoms with Crippen LogP contribution in [0.15, 0.2) is 24.5 Å². The number of carbonyl (C=O) groups is 2. The standard InChI is InChI=1S/C27H37NO4/c1-16(29)20-6-7-21-24-22(9-11-27(20,21)3)26(2)10-8-19(30)13-18(26)14-23(24)32-25(31)17-5-4-12-28-15-17/h4-5,12,15,18-24,30H,6-11,13-14H2,1-3H3/t18-,19-,20-,21?,22?,23-,24?,26+,27-/m1/s1. The van der Waals surface area contributed by atoms with Gasteiger partial charge in [-0.25, -0.2) is 4.79 Å². The summed E-state index contributed by atoms with van der Waals surface area (Å²) in [6.07, 6.45) is 10.5. The van der Waals surface area contributed by atoms with Gasteiger partial charge in [0.1, 0.15) is 11.9 Å². The van der Waals surface area contributed by atoms with Gasteiger partial charge in [-0.05, 0) is 99.0 Å². The molecule has 1 aromatic heterocycles. The normalized spacial score (nSPS) is 45.3. The molecule has 0 spiro atoms. The predicted molar refractivity (Wildman–Crippen MR) is 121 cm³/mol. The van der Waals surface area contributed by atoms with Crippen LogP contribution in [0.2, 0.25) is 0 Å². The Morgan fingerprint density at radius 3 is 2.53 bits per heavy atom. The average molecular weight is 440 g/mol. The summed E-state index contributed by atoms with van der Waals surface area (Å²) >= 11 is 0. The van der Waals surface area contributed by atoms with Crippen molar-refractivity contribution in [1.82, 2.24) is 4.98 Å². The van der Waals surface area contributed by atoms with Crippen molar-refractivity contribution in [2.45, 2.75) is 84.3 Å². The van der Waals surface area contributed by atoms with E-state index in [1.807, 2.05) is 0 Å². The van der Waals surface area contributed by atoms with Crippen LogP contribution in [-0.2, 0) is 9.53 Å². The van der Waals surface area contributed by atoms with Gasteiger partial charge in [-0.2, -0.15) is 0 Å². The number of aliphatic hydroxyl groups is 1. The van der Waals surface area contributed by atoms with E-state index >= 15 is 0 Å². The largest absolute Gasteiger partial charge is 0.458 e. The van der Waals surface area contributed by atoms with E-state index in [-0.39, 0.29) is 40.8 Å². The molecule has 4 aliphatic carbocycles. The van der Waals surface area contributed by atoms with Crippen LogP contribution >= 0.6 is 0 Å². The Hall–Kier alpha value is -1.75. The van der Waals surface area contributed by atoms with Gasteiger partial charge in [0.25, 0.3) is 0 Å². The van der Waals surface area contributed by atoms with E-state index in [1.165, 1.54) is 0 Å². The Kier molecular flexibility index (Phi) is 5.47. The van der Waals surface area contributed by atoms with Gasteiger partial charge in [-0.1, -0.05) is 13.8 Å². The number of pyridine rings is 1. The van der Waals surface area contributed by atoms with Crippen LogP contribution in [0.4, 0.5) is 0 Å². The maximum atomic E-state index is 13.1. The smallest absolute Gasteiger partial charge is 0.339 e. The molecule has 1 N–H and O–H groups in total. The number of nitrogens with zero attached hydrogens (tertiary/aromatic N) is 1. The lowest BCUT2D eigenvalue weighted by Gasteiger charge is -2.62. The quantitative estimate of drug-likeness (QED) is 0.683. The van der Waals surface area contributed by atoms with Crippen molar-refractivity contribution in [2.75, 3.05) is 0 Å². The third kappa shape index (κ3) is 3.34. The molecule has 0 amide bonds. The van der Waals surface area contributed by atoms with Crippen molar-refractivity contribution in [3.8, 4) is 0 Å². The first-order valence-corrected chi connectivity index (χ1v) is 12.5. The average Bonchev–Trinajstić information content (AvgIpc) is 3.13. The number of carbonyl (C=O) groups excluding carboxylic acids is 2. The predicted octanol–water partition coefficient (Wildman–Crippen LogP) is 4.83. The van der Waals surface area contributed by atoms with Crippen LogP contribution in [-0.4, -0.2) is 34.1 Å². The Labute approximate surface area is 191 Å². The molecule has 0 saturated heterocycles.